The first kappa shape index (κ1) is 23.2. The molecule has 3 aromatic heterocycles. The number of hydrogen-bond acceptors (Lipinski definition) is 5. The van der Waals surface area contributed by atoms with Gasteiger partial charge in [-0.25, -0.2) is 4.52 Å². The van der Waals surface area contributed by atoms with E-state index in [-0.39, 0.29) is 16.2 Å². The van der Waals surface area contributed by atoms with Crippen LogP contribution in [0.25, 0.3) is 27.8 Å². The van der Waals surface area contributed by atoms with Crippen LogP contribution in [0.4, 0.5) is 18.9 Å². The largest absolute Gasteiger partial charge is 0.504 e. The number of nitrogens with zero attached hydrogens (tertiary/aromatic N) is 7. The number of halogens is 3. The number of anilines is 1. The molecular weight excluding hydrogens is 471 g/mol. The molecule has 0 radical (unpaired) electrons. The van der Waals surface area contributed by atoms with Crippen molar-refractivity contribution in [2.24, 2.45) is 0 Å². The van der Waals surface area contributed by atoms with Gasteiger partial charge in [0, 0.05) is 61.0 Å². The van der Waals surface area contributed by atoms with Crippen LogP contribution in [0.5, 0.6) is 0 Å². The van der Waals surface area contributed by atoms with Gasteiger partial charge in [0.05, 0.1) is 23.5 Å². The Kier molecular flexibility index (Phi) is 5.72. The van der Waals surface area contributed by atoms with Crippen LogP contribution in [0.3, 0.4) is 0 Å². The van der Waals surface area contributed by atoms with Gasteiger partial charge in [-0.3, -0.25) is 4.79 Å². The predicted octanol–water partition coefficient (Wildman–Crippen LogP) is 4.05. The second kappa shape index (κ2) is 8.88. The van der Waals surface area contributed by atoms with Crippen LogP contribution in [0.1, 0.15) is 5.56 Å². The first-order valence-corrected chi connectivity index (χ1v) is 11.1. The highest BCUT2D eigenvalue weighted by Crippen LogP contribution is 2.34. The molecule has 0 N–H and O–H groups in total. The Morgan fingerprint density at radius 1 is 1.00 bits per heavy atom. The minimum Gasteiger partial charge on any atom is -0.368 e. The van der Waals surface area contributed by atoms with Gasteiger partial charge in [-0.2, -0.15) is 20.1 Å². The lowest BCUT2D eigenvalue weighted by Crippen LogP contribution is -2.48. The Labute approximate surface area is 204 Å². The first-order valence-electron chi connectivity index (χ1n) is 11.1. The quantitative estimate of drug-likeness (QED) is 0.403. The second-order valence-electron chi connectivity index (χ2n) is 8.31. The monoisotopic (exact) mass is 491 g/mol. The minimum atomic E-state index is -4.62. The van der Waals surface area contributed by atoms with Gasteiger partial charge in [0.15, 0.2) is 0 Å². The number of alkyl halides is 3. The zero-order chi connectivity index (χ0) is 25.4. The number of amides is 1. The van der Waals surface area contributed by atoms with Gasteiger partial charge >= 0.3 is 6.30 Å². The SMILES string of the molecule is C=CC(=O)N1CCN(c2ccc(-c3cc(-c4cnn(C(F)(F)F)c4)cn4ncc(C#N)c34)cc2)CC1. The first-order chi connectivity index (χ1) is 17.3. The van der Waals surface area contributed by atoms with Crippen molar-refractivity contribution in [1.29, 1.82) is 5.26 Å². The number of rotatable bonds is 4. The fourth-order valence-corrected chi connectivity index (χ4v) is 4.36. The third-order valence-electron chi connectivity index (χ3n) is 6.22. The molecule has 1 aliphatic heterocycles. The Balaban J connectivity index is 1.49. The lowest BCUT2D eigenvalue weighted by atomic mass is 9.99. The molecule has 0 aliphatic carbocycles. The molecule has 1 saturated heterocycles. The molecule has 1 aliphatic rings. The molecule has 11 heteroatoms. The van der Waals surface area contributed by atoms with Crippen molar-refractivity contribution < 1.29 is 18.0 Å². The fraction of sp³-hybridized carbons (Fsp3) is 0.200. The van der Waals surface area contributed by atoms with E-state index in [1.54, 1.807) is 17.2 Å². The molecule has 1 aromatic carbocycles. The predicted molar refractivity (Wildman–Crippen MR) is 127 cm³/mol. The van der Waals surface area contributed by atoms with E-state index in [1.165, 1.54) is 16.8 Å². The Morgan fingerprint density at radius 2 is 1.72 bits per heavy atom. The minimum absolute atomic E-state index is 0.0485. The summed E-state index contributed by atoms with van der Waals surface area (Å²) < 4.78 is 40.6. The number of pyridine rings is 1. The summed E-state index contributed by atoms with van der Waals surface area (Å²) in [6, 6.07) is 11.6. The summed E-state index contributed by atoms with van der Waals surface area (Å²) in [5.41, 5.74) is 4.10. The van der Waals surface area contributed by atoms with Crippen molar-refractivity contribution in [3.05, 3.63) is 73.3 Å². The number of piperazine rings is 1. The maximum Gasteiger partial charge on any atom is 0.504 e. The highest BCUT2D eigenvalue weighted by atomic mass is 19.4. The molecular formula is C25H20F3N7O. The second-order valence-corrected chi connectivity index (χ2v) is 8.31. The maximum atomic E-state index is 13.1. The molecule has 4 aromatic rings. The van der Waals surface area contributed by atoms with Crippen LogP contribution < -0.4 is 4.90 Å². The summed E-state index contributed by atoms with van der Waals surface area (Å²) in [6.07, 6.45) is 1.77. The lowest BCUT2D eigenvalue weighted by Gasteiger charge is -2.35. The average Bonchev–Trinajstić information content (AvgIpc) is 3.55. The fourth-order valence-electron chi connectivity index (χ4n) is 4.36. The number of benzene rings is 1. The zero-order valence-electron chi connectivity index (χ0n) is 19.0. The van der Waals surface area contributed by atoms with E-state index in [0.29, 0.717) is 48.4 Å². The summed E-state index contributed by atoms with van der Waals surface area (Å²) >= 11 is 0. The Hall–Kier alpha value is -4.59. The summed E-state index contributed by atoms with van der Waals surface area (Å²) in [6.45, 7) is 6.10. The molecule has 36 heavy (non-hydrogen) atoms. The summed E-state index contributed by atoms with van der Waals surface area (Å²) in [4.78, 5) is 15.8. The average molecular weight is 491 g/mol. The summed E-state index contributed by atoms with van der Waals surface area (Å²) in [5.74, 6) is -0.0798. The van der Waals surface area contributed by atoms with Crippen molar-refractivity contribution in [2.75, 3.05) is 31.1 Å². The lowest BCUT2D eigenvalue weighted by molar-refractivity contribution is -0.212. The van der Waals surface area contributed by atoms with Gasteiger partial charge in [-0.1, -0.05) is 18.7 Å². The van der Waals surface area contributed by atoms with Crippen LogP contribution in [0.2, 0.25) is 0 Å². The van der Waals surface area contributed by atoms with Gasteiger partial charge in [-0.05, 0) is 29.8 Å². The highest BCUT2D eigenvalue weighted by Gasteiger charge is 2.31. The third-order valence-corrected chi connectivity index (χ3v) is 6.22. The third kappa shape index (κ3) is 4.17. The molecule has 0 unspecified atom stereocenters. The molecule has 8 nitrogen and oxygen atoms in total. The number of fused-ring (bicyclic) bond motifs is 1. The van der Waals surface area contributed by atoms with E-state index in [4.69, 9.17) is 0 Å². The molecule has 0 spiro atoms. The molecule has 182 valence electrons. The summed E-state index contributed by atoms with van der Waals surface area (Å²) in [7, 11) is 0. The van der Waals surface area contributed by atoms with Crippen LogP contribution in [0, 0.1) is 11.3 Å². The standard InChI is InChI=1S/C25H20F3N7O/c1-2-23(36)33-9-7-32(8-10-33)21-5-3-17(4-6-21)22-11-18(15-34-24(22)19(12-29)13-30-34)20-14-31-35(16-20)25(26,27)28/h2-6,11,13-16H,1,7-10H2. The van der Waals surface area contributed by atoms with Gasteiger partial charge in [-0.15, -0.1) is 13.2 Å². The number of aromatic nitrogens is 4. The van der Waals surface area contributed by atoms with E-state index in [2.05, 4.69) is 27.7 Å². The molecule has 1 amide bonds. The molecule has 5 rings (SSSR count). The van der Waals surface area contributed by atoms with E-state index in [9.17, 15) is 23.2 Å². The van der Waals surface area contributed by atoms with Gasteiger partial charge in [0.25, 0.3) is 0 Å². The molecule has 0 bridgehead atoms. The number of nitriles is 1. The topological polar surface area (TPSA) is 82.5 Å². The van der Waals surface area contributed by atoms with Gasteiger partial charge < -0.3 is 9.80 Å². The normalized spacial score (nSPS) is 14.2. The van der Waals surface area contributed by atoms with Crippen molar-refractivity contribution >= 4 is 17.1 Å². The molecule has 4 heterocycles. The molecule has 0 atom stereocenters. The zero-order valence-corrected chi connectivity index (χ0v) is 19.0. The van der Waals surface area contributed by atoms with Gasteiger partial charge in [0.1, 0.15) is 6.07 Å². The van der Waals surface area contributed by atoms with Crippen LogP contribution in [-0.2, 0) is 11.1 Å². The van der Waals surface area contributed by atoms with Crippen molar-refractivity contribution in [2.45, 2.75) is 6.30 Å². The van der Waals surface area contributed by atoms with Crippen molar-refractivity contribution in [3.63, 3.8) is 0 Å². The van der Waals surface area contributed by atoms with E-state index >= 15 is 0 Å². The van der Waals surface area contributed by atoms with Crippen LogP contribution in [0.15, 0.2) is 67.8 Å². The van der Waals surface area contributed by atoms with Crippen LogP contribution >= 0.6 is 0 Å². The van der Waals surface area contributed by atoms with E-state index < -0.39 is 6.30 Å². The number of carbonyl (C=O) groups is 1. The van der Waals surface area contributed by atoms with E-state index in [1.807, 2.05) is 24.3 Å². The van der Waals surface area contributed by atoms with Crippen molar-refractivity contribution in [1.82, 2.24) is 24.3 Å². The van der Waals surface area contributed by atoms with Crippen molar-refractivity contribution in [3.8, 4) is 28.3 Å². The molecule has 1 fully saturated rings. The summed E-state index contributed by atoms with van der Waals surface area (Å²) in [5, 5.41) is 17.2. The maximum absolute atomic E-state index is 13.1. The van der Waals surface area contributed by atoms with Crippen LogP contribution in [-0.4, -0.2) is 56.4 Å². The number of hydrogen-bond donors (Lipinski definition) is 0. The smallest absolute Gasteiger partial charge is 0.368 e. The molecule has 0 saturated carbocycles. The Bertz CT molecular complexity index is 1490. The highest BCUT2D eigenvalue weighted by molar-refractivity contribution is 5.88. The van der Waals surface area contributed by atoms with E-state index in [0.717, 1.165) is 23.6 Å². The Morgan fingerprint density at radius 3 is 2.33 bits per heavy atom. The number of carbonyl (C=O) groups excluding carboxylic acids is 1. The van der Waals surface area contributed by atoms with Gasteiger partial charge in [0.2, 0.25) is 5.91 Å².